The van der Waals surface area contributed by atoms with Gasteiger partial charge < -0.3 is 24.4 Å². The van der Waals surface area contributed by atoms with Crippen molar-refractivity contribution in [3.8, 4) is 0 Å². The lowest BCUT2D eigenvalue weighted by atomic mass is 9.77. The van der Waals surface area contributed by atoms with E-state index in [0.717, 1.165) is 19.3 Å². The van der Waals surface area contributed by atoms with Crippen LogP contribution in [0.25, 0.3) is 0 Å². The lowest BCUT2D eigenvalue weighted by Crippen LogP contribution is -2.57. The number of unbranched alkanes of at least 4 members (excludes halogenated alkanes) is 2. The quantitative estimate of drug-likeness (QED) is 0.383. The average molecular weight is 433 g/mol. The molecule has 8 nitrogen and oxygen atoms in total. The van der Waals surface area contributed by atoms with Gasteiger partial charge in [0.05, 0.1) is 31.3 Å². The first-order valence-corrected chi connectivity index (χ1v) is 11.4. The Morgan fingerprint density at radius 3 is 2.77 bits per heavy atom. The van der Waals surface area contributed by atoms with Crippen LogP contribution in [0.1, 0.15) is 39.5 Å². The van der Waals surface area contributed by atoms with E-state index in [-0.39, 0.29) is 25.0 Å². The fourth-order valence-corrected chi connectivity index (χ4v) is 5.41. The third-order valence-electron chi connectivity index (χ3n) is 6.91. The highest BCUT2D eigenvalue weighted by Crippen LogP contribution is 2.53. The Balaban J connectivity index is 1.77. The van der Waals surface area contributed by atoms with Gasteiger partial charge in [-0.3, -0.25) is 14.4 Å². The molecule has 1 N–H and O–H groups in total. The van der Waals surface area contributed by atoms with Crippen molar-refractivity contribution in [3.63, 3.8) is 0 Å². The Hall–Kier alpha value is -2.19. The minimum Gasteiger partial charge on any atom is -0.465 e. The van der Waals surface area contributed by atoms with Crippen LogP contribution in [0.15, 0.2) is 24.3 Å². The highest BCUT2D eigenvalue weighted by atomic mass is 16.6. The molecule has 2 amide bonds. The van der Waals surface area contributed by atoms with E-state index in [1.165, 1.54) is 4.90 Å². The first-order valence-electron chi connectivity index (χ1n) is 11.4. The van der Waals surface area contributed by atoms with Crippen LogP contribution >= 0.6 is 0 Å². The minimum absolute atomic E-state index is 0.191. The van der Waals surface area contributed by atoms with Crippen molar-refractivity contribution in [3.05, 3.63) is 24.3 Å². The van der Waals surface area contributed by atoms with Crippen molar-refractivity contribution < 1.29 is 29.0 Å². The maximum Gasteiger partial charge on any atom is 0.312 e. The number of hydrogen-bond acceptors (Lipinski definition) is 6. The van der Waals surface area contributed by atoms with Crippen LogP contribution in [0.3, 0.4) is 0 Å². The number of hydrogen-bond donors (Lipinski definition) is 1. The zero-order valence-corrected chi connectivity index (χ0v) is 18.2. The molecule has 8 heteroatoms. The molecule has 0 aromatic carbocycles. The van der Waals surface area contributed by atoms with E-state index in [0.29, 0.717) is 19.5 Å². The molecular weight excluding hydrogens is 400 g/mol. The average Bonchev–Trinajstić information content (AvgIpc) is 3.13. The van der Waals surface area contributed by atoms with Gasteiger partial charge in [0.25, 0.3) is 0 Å². The summed E-state index contributed by atoms with van der Waals surface area (Å²) in [5.74, 6) is -2.66. The van der Waals surface area contributed by atoms with Gasteiger partial charge in [0.15, 0.2) is 0 Å². The topological polar surface area (TPSA) is 96.4 Å². The molecule has 2 fully saturated rings. The Morgan fingerprint density at radius 2 is 2.03 bits per heavy atom. The second kappa shape index (κ2) is 8.74. The molecular formula is C23H32N2O6. The van der Waals surface area contributed by atoms with Crippen LogP contribution in [-0.2, 0) is 23.9 Å². The Kier molecular flexibility index (Phi) is 6.21. The van der Waals surface area contributed by atoms with Gasteiger partial charge in [0, 0.05) is 13.1 Å². The maximum atomic E-state index is 13.8. The van der Waals surface area contributed by atoms with Gasteiger partial charge in [-0.15, -0.1) is 0 Å². The van der Waals surface area contributed by atoms with Gasteiger partial charge in [-0.1, -0.05) is 44.1 Å². The normalized spacial score (nSPS) is 35.8. The summed E-state index contributed by atoms with van der Waals surface area (Å²) >= 11 is 0. The molecule has 0 radical (unpaired) electrons. The van der Waals surface area contributed by atoms with Gasteiger partial charge >= 0.3 is 5.97 Å². The van der Waals surface area contributed by atoms with Crippen LogP contribution in [0, 0.1) is 11.8 Å². The zero-order valence-electron chi connectivity index (χ0n) is 18.2. The molecule has 0 aliphatic carbocycles. The molecule has 3 unspecified atom stereocenters. The third-order valence-corrected chi connectivity index (χ3v) is 6.91. The highest BCUT2D eigenvalue weighted by molar-refractivity contribution is 5.99. The van der Waals surface area contributed by atoms with Gasteiger partial charge in [0.2, 0.25) is 11.8 Å². The van der Waals surface area contributed by atoms with Gasteiger partial charge in [0.1, 0.15) is 17.6 Å². The van der Waals surface area contributed by atoms with E-state index in [9.17, 15) is 19.5 Å². The lowest BCUT2D eigenvalue weighted by molar-refractivity contribution is -0.156. The third kappa shape index (κ3) is 3.49. The lowest BCUT2D eigenvalue weighted by Gasteiger charge is -2.37. The summed E-state index contributed by atoms with van der Waals surface area (Å²) in [5.41, 5.74) is -1.25. The molecule has 4 aliphatic rings. The predicted octanol–water partition coefficient (Wildman–Crippen LogP) is 1.04. The molecule has 170 valence electrons. The number of cyclic esters (lactones) is 1. The monoisotopic (exact) mass is 432 g/mol. The van der Waals surface area contributed by atoms with Crippen LogP contribution in [-0.4, -0.2) is 82.8 Å². The Labute approximate surface area is 182 Å². The molecule has 31 heavy (non-hydrogen) atoms. The molecule has 2 saturated heterocycles. The van der Waals surface area contributed by atoms with Crippen molar-refractivity contribution >= 4 is 17.8 Å². The number of likely N-dealkylation sites (tertiary alicyclic amines) is 1. The van der Waals surface area contributed by atoms with E-state index in [1.807, 2.05) is 24.3 Å². The van der Waals surface area contributed by atoms with E-state index in [2.05, 4.69) is 6.92 Å². The number of ether oxygens (including phenoxy) is 2. The SMILES string of the molecule is CCCCCN1CC=CC23O[C@@H]4C=CCCOC(=O)C4[C@H]2C(=O)N(C(C)CO)[C@@H]3C1=O. The Bertz CT molecular complexity index is 795. The number of aliphatic hydroxyl groups is 1. The number of carbonyl (C=O) groups is 3. The summed E-state index contributed by atoms with van der Waals surface area (Å²) < 4.78 is 11.8. The first-order chi connectivity index (χ1) is 15.0. The molecule has 1 spiro atoms. The minimum atomic E-state index is -1.25. The number of nitrogens with zero attached hydrogens (tertiary/aromatic N) is 2. The highest BCUT2D eigenvalue weighted by Gasteiger charge is 2.72. The number of rotatable bonds is 6. The fraction of sp³-hybridized carbons (Fsp3) is 0.696. The van der Waals surface area contributed by atoms with Gasteiger partial charge in [-0.05, 0) is 19.8 Å². The smallest absolute Gasteiger partial charge is 0.312 e. The summed E-state index contributed by atoms with van der Waals surface area (Å²) in [6, 6.07) is -1.49. The van der Waals surface area contributed by atoms with Crippen molar-refractivity contribution in [1.82, 2.24) is 9.80 Å². The second-order valence-electron chi connectivity index (χ2n) is 8.90. The van der Waals surface area contributed by atoms with E-state index in [4.69, 9.17) is 9.47 Å². The van der Waals surface area contributed by atoms with Crippen molar-refractivity contribution in [2.75, 3.05) is 26.3 Å². The van der Waals surface area contributed by atoms with Crippen molar-refractivity contribution in [1.29, 1.82) is 0 Å². The second-order valence-corrected chi connectivity index (χ2v) is 8.90. The van der Waals surface area contributed by atoms with Crippen LogP contribution in [0.2, 0.25) is 0 Å². The largest absolute Gasteiger partial charge is 0.465 e. The molecule has 4 rings (SSSR count). The van der Waals surface area contributed by atoms with Crippen LogP contribution in [0.4, 0.5) is 0 Å². The maximum absolute atomic E-state index is 13.8. The number of aliphatic hydroxyl groups excluding tert-OH is 1. The zero-order chi connectivity index (χ0) is 22.2. The molecule has 0 saturated carbocycles. The summed E-state index contributed by atoms with van der Waals surface area (Å²) in [4.78, 5) is 43.5. The van der Waals surface area contributed by atoms with E-state index >= 15 is 0 Å². The standard InChI is InChI=1S/C23H32N2O6/c1-3-4-6-11-24-12-8-10-23-18(17-16(31-23)9-5-7-13-30-22(17)29)20(27)25(15(2)14-26)19(23)21(24)28/h5,8-10,15-19,26H,3-4,6-7,11-14H2,1-2H3/t15?,16-,17?,18+,19-,23?/m1/s1. The van der Waals surface area contributed by atoms with E-state index < -0.39 is 41.6 Å². The summed E-state index contributed by atoms with van der Waals surface area (Å²) in [7, 11) is 0. The van der Waals surface area contributed by atoms with Crippen LogP contribution < -0.4 is 0 Å². The van der Waals surface area contributed by atoms with Gasteiger partial charge in [-0.2, -0.15) is 0 Å². The number of fused-ring (bicyclic) bond motifs is 2. The summed E-state index contributed by atoms with van der Waals surface area (Å²) in [6.45, 7) is 4.82. The number of esters is 1. The number of carbonyl (C=O) groups excluding carboxylic acids is 3. The molecule has 0 bridgehead atoms. The number of amides is 2. The molecule has 0 aromatic heterocycles. The summed E-state index contributed by atoms with van der Waals surface area (Å²) in [5, 5.41) is 9.85. The molecule has 4 heterocycles. The van der Waals surface area contributed by atoms with Crippen molar-refractivity contribution in [2.45, 2.75) is 63.3 Å². The fourth-order valence-electron chi connectivity index (χ4n) is 5.41. The predicted molar refractivity (Wildman–Crippen MR) is 112 cm³/mol. The Morgan fingerprint density at radius 1 is 1.23 bits per heavy atom. The molecule has 0 aromatic rings. The van der Waals surface area contributed by atoms with Crippen molar-refractivity contribution in [2.24, 2.45) is 11.8 Å². The van der Waals surface area contributed by atoms with Crippen LogP contribution in [0.5, 0.6) is 0 Å². The first kappa shape index (κ1) is 22.0. The molecule has 4 aliphatic heterocycles. The van der Waals surface area contributed by atoms with Gasteiger partial charge in [-0.25, -0.2) is 0 Å². The van der Waals surface area contributed by atoms with E-state index in [1.54, 1.807) is 11.8 Å². The summed E-state index contributed by atoms with van der Waals surface area (Å²) in [6.07, 6.45) is 10.3. The molecule has 6 atom stereocenters.